The zero-order chi connectivity index (χ0) is 11.5. The second kappa shape index (κ2) is 4.55. The van der Waals surface area contributed by atoms with Crippen molar-refractivity contribution < 1.29 is 5.11 Å². The lowest BCUT2D eigenvalue weighted by Gasteiger charge is -2.27. The first-order chi connectivity index (χ1) is 7.72. The summed E-state index contributed by atoms with van der Waals surface area (Å²) in [7, 11) is 0. The molecule has 1 aromatic heterocycles. The van der Waals surface area contributed by atoms with Gasteiger partial charge in [0, 0.05) is 13.1 Å². The van der Waals surface area contributed by atoms with Gasteiger partial charge in [-0.3, -0.25) is 9.78 Å². The van der Waals surface area contributed by atoms with Crippen LogP contribution >= 0.6 is 0 Å². The molecule has 1 saturated heterocycles. The molecule has 0 spiro atoms. The number of hydrogen-bond donors (Lipinski definition) is 2. The molecule has 0 amide bonds. The first-order valence-electron chi connectivity index (χ1n) is 5.79. The van der Waals surface area contributed by atoms with Crippen molar-refractivity contribution in [3.63, 3.8) is 0 Å². The Morgan fingerprint density at radius 3 is 2.62 bits per heavy atom. The van der Waals surface area contributed by atoms with Crippen LogP contribution in [-0.2, 0) is 6.42 Å². The highest BCUT2D eigenvalue weighted by atomic mass is 16.3. The van der Waals surface area contributed by atoms with Crippen molar-refractivity contribution in [2.24, 2.45) is 0 Å². The third-order valence-corrected chi connectivity index (χ3v) is 2.99. The molecule has 0 saturated carbocycles. The lowest BCUT2D eigenvalue weighted by atomic mass is 10.1. The van der Waals surface area contributed by atoms with Crippen LogP contribution in [0.4, 0.5) is 5.95 Å². The van der Waals surface area contributed by atoms with Crippen molar-refractivity contribution >= 4 is 5.95 Å². The smallest absolute Gasteiger partial charge is 0.259 e. The number of H-pyrrole nitrogens is 1. The number of aromatic amines is 1. The maximum atomic E-state index is 11.7. The highest BCUT2D eigenvalue weighted by Crippen LogP contribution is 2.18. The summed E-state index contributed by atoms with van der Waals surface area (Å²) in [6.07, 6.45) is 3.94. The molecule has 1 fully saturated rings. The lowest BCUT2D eigenvalue weighted by molar-refractivity contribution is 0.441. The van der Waals surface area contributed by atoms with E-state index in [-0.39, 0.29) is 11.4 Å². The first-order valence-corrected chi connectivity index (χ1v) is 5.79. The molecule has 0 atom stereocenters. The Bertz CT molecular complexity index is 422. The van der Waals surface area contributed by atoms with Gasteiger partial charge in [-0.2, -0.15) is 4.98 Å². The summed E-state index contributed by atoms with van der Waals surface area (Å²) in [5.74, 6) is 0.367. The number of aromatic nitrogens is 2. The maximum absolute atomic E-state index is 11.7. The molecule has 88 valence electrons. The number of rotatable bonds is 2. The predicted molar refractivity (Wildman–Crippen MR) is 62.0 cm³/mol. The molecule has 0 aromatic carbocycles. The van der Waals surface area contributed by atoms with Gasteiger partial charge in [-0.15, -0.1) is 0 Å². The lowest BCUT2D eigenvalue weighted by Crippen LogP contribution is -2.32. The Hall–Kier alpha value is -1.52. The molecule has 2 rings (SSSR count). The topological polar surface area (TPSA) is 69.2 Å². The zero-order valence-electron chi connectivity index (χ0n) is 9.49. The van der Waals surface area contributed by atoms with Gasteiger partial charge in [-0.05, 0) is 25.7 Å². The fourth-order valence-corrected chi connectivity index (χ4v) is 2.05. The summed E-state index contributed by atoms with van der Waals surface area (Å²) in [5.41, 5.74) is 0.135. The maximum Gasteiger partial charge on any atom is 0.259 e. The molecule has 2 N–H and O–H groups in total. The average molecular weight is 223 g/mol. The minimum absolute atomic E-state index is 0.133. The van der Waals surface area contributed by atoms with E-state index in [1.165, 1.54) is 6.42 Å². The van der Waals surface area contributed by atoms with Crippen molar-refractivity contribution in [2.45, 2.75) is 32.6 Å². The molecular formula is C11H17N3O2. The fourth-order valence-electron chi connectivity index (χ4n) is 2.05. The Kier molecular flexibility index (Phi) is 3.12. The summed E-state index contributed by atoms with van der Waals surface area (Å²) in [5, 5.41) is 9.65. The molecule has 2 heterocycles. The number of nitrogens with zero attached hydrogens (tertiary/aromatic N) is 2. The number of anilines is 1. The second-order valence-electron chi connectivity index (χ2n) is 4.09. The van der Waals surface area contributed by atoms with Crippen LogP contribution in [0.15, 0.2) is 4.79 Å². The Labute approximate surface area is 94.1 Å². The first kappa shape index (κ1) is 11.0. The largest absolute Gasteiger partial charge is 0.493 e. The minimum atomic E-state index is -0.226. The van der Waals surface area contributed by atoms with E-state index in [0.29, 0.717) is 17.9 Å². The molecule has 1 aliphatic rings. The third-order valence-electron chi connectivity index (χ3n) is 2.99. The van der Waals surface area contributed by atoms with E-state index in [9.17, 15) is 9.90 Å². The molecule has 0 radical (unpaired) electrons. The van der Waals surface area contributed by atoms with Crippen molar-refractivity contribution in [3.8, 4) is 5.88 Å². The summed E-state index contributed by atoms with van der Waals surface area (Å²) in [4.78, 5) is 20.5. The molecule has 0 bridgehead atoms. The van der Waals surface area contributed by atoms with Gasteiger partial charge in [0.2, 0.25) is 11.8 Å². The van der Waals surface area contributed by atoms with Gasteiger partial charge >= 0.3 is 0 Å². The number of piperidine rings is 1. The predicted octanol–water partition coefficient (Wildman–Crippen LogP) is 1.03. The average Bonchev–Trinajstić information content (AvgIpc) is 2.30. The second-order valence-corrected chi connectivity index (χ2v) is 4.09. The van der Waals surface area contributed by atoms with E-state index in [0.717, 1.165) is 25.9 Å². The van der Waals surface area contributed by atoms with E-state index < -0.39 is 0 Å². The van der Waals surface area contributed by atoms with Crippen molar-refractivity contribution in [1.82, 2.24) is 9.97 Å². The van der Waals surface area contributed by atoms with Crippen molar-refractivity contribution in [2.75, 3.05) is 18.0 Å². The van der Waals surface area contributed by atoms with Crippen LogP contribution in [0.5, 0.6) is 5.88 Å². The van der Waals surface area contributed by atoms with Gasteiger partial charge in [0.15, 0.2) is 0 Å². The highest BCUT2D eigenvalue weighted by Gasteiger charge is 2.16. The van der Waals surface area contributed by atoms with Gasteiger partial charge in [0.25, 0.3) is 5.56 Å². The van der Waals surface area contributed by atoms with E-state index in [1.54, 1.807) is 0 Å². The molecule has 5 nitrogen and oxygen atoms in total. The summed E-state index contributed by atoms with van der Waals surface area (Å²) in [6, 6.07) is 0. The summed E-state index contributed by atoms with van der Waals surface area (Å²) in [6.45, 7) is 3.62. The molecule has 0 unspecified atom stereocenters. The quantitative estimate of drug-likeness (QED) is 0.785. The van der Waals surface area contributed by atoms with E-state index in [2.05, 4.69) is 9.97 Å². The van der Waals surface area contributed by atoms with Crippen LogP contribution in [0.25, 0.3) is 0 Å². The fraction of sp³-hybridized carbons (Fsp3) is 0.636. The normalized spacial score (nSPS) is 16.4. The van der Waals surface area contributed by atoms with E-state index >= 15 is 0 Å². The van der Waals surface area contributed by atoms with Gasteiger partial charge < -0.3 is 10.0 Å². The van der Waals surface area contributed by atoms with Crippen LogP contribution in [-0.4, -0.2) is 28.2 Å². The molecule has 16 heavy (non-hydrogen) atoms. The highest BCUT2D eigenvalue weighted by molar-refractivity contribution is 5.35. The Morgan fingerprint density at radius 1 is 1.38 bits per heavy atom. The van der Waals surface area contributed by atoms with E-state index in [1.807, 2.05) is 11.8 Å². The SMILES string of the molecule is CCc1c(O)nc(N2CCCCC2)[nH]c1=O. The Balaban J connectivity index is 2.31. The van der Waals surface area contributed by atoms with Gasteiger partial charge in [-0.25, -0.2) is 0 Å². The van der Waals surface area contributed by atoms with Crippen molar-refractivity contribution in [1.29, 1.82) is 0 Å². The Morgan fingerprint density at radius 2 is 2.06 bits per heavy atom. The number of nitrogens with one attached hydrogen (secondary N) is 1. The molecule has 0 aliphatic carbocycles. The van der Waals surface area contributed by atoms with Crippen LogP contribution < -0.4 is 10.5 Å². The van der Waals surface area contributed by atoms with Crippen LogP contribution in [0, 0.1) is 0 Å². The van der Waals surface area contributed by atoms with Crippen molar-refractivity contribution in [3.05, 3.63) is 15.9 Å². The van der Waals surface area contributed by atoms with Crippen LogP contribution in [0.1, 0.15) is 31.7 Å². The number of hydrogen-bond acceptors (Lipinski definition) is 4. The minimum Gasteiger partial charge on any atom is -0.493 e. The monoisotopic (exact) mass is 223 g/mol. The molecule has 5 heteroatoms. The standard InChI is InChI=1S/C11H17N3O2/c1-2-8-9(15)12-11(13-10(8)16)14-6-4-3-5-7-14/h2-7H2,1H3,(H2,12,13,15,16). The van der Waals surface area contributed by atoms with Gasteiger partial charge in [0.1, 0.15) is 0 Å². The van der Waals surface area contributed by atoms with E-state index in [4.69, 9.17) is 0 Å². The summed E-state index contributed by atoms with van der Waals surface area (Å²) < 4.78 is 0. The van der Waals surface area contributed by atoms with Crippen LogP contribution in [0.3, 0.4) is 0 Å². The summed E-state index contributed by atoms with van der Waals surface area (Å²) >= 11 is 0. The molecule has 1 aliphatic heterocycles. The van der Waals surface area contributed by atoms with Gasteiger partial charge in [-0.1, -0.05) is 6.92 Å². The number of aromatic hydroxyl groups is 1. The molecular weight excluding hydrogens is 206 g/mol. The zero-order valence-corrected chi connectivity index (χ0v) is 9.49. The molecule has 1 aromatic rings. The third kappa shape index (κ3) is 2.03. The van der Waals surface area contributed by atoms with Crippen LogP contribution in [0.2, 0.25) is 0 Å². The van der Waals surface area contributed by atoms with Gasteiger partial charge in [0.05, 0.1) is 5.56 Å².